The number of imide groups is 1. The number of rotatable bonds is 2. The van der Waals surface area contributed by atoms with Crippen molar-refractivity contribution in [3.8, 4) is 0 Å². The summed E-state index contributed by atoms with van der Waals surface area (Å²) in [4.78, 5) is 37.4. The molecule has 1 aliphatic heterocycles. The van der Waals surface area contributed by atoms with Gasteiger partial charge >= 0.3 is 0 Å². The third-order valence-corrected chi connectivity index (χ3v) is 2.83. The summed E-state index contributed by atoms with van der Waals surface area (Å²) >= 11 is 0. The highest BCUT2D eigenvalue weighted by Gasteiger charge is 2.30. The maximum absolute atomic E-state index is 11.7. The monoisotopic (exact) mass is 246 g/mol. The van der Waals surface area contributed by atoms with Crippen LogP contribution in [0.15, 0.2) is 24.3 Å². The minimum absolute atomic E-state index is 0.111. The van der Waals surface area contributed by atoms with Crippen LogP contribution in [0.1, 0.15) is 23.2 Å². The predicted molar refractivity (Wildman–Crippen MR) is 66.2 cm³/mol. The molecule has 1 aromatic rings. The Morgan fingerprint density at radius 3 is 2.00 bits per heavy atom. The zero-order valence-electron chi connectivity index (χ0n) is 10.3. The Bertz CT molecular complexity index is 489. The normalized spacial score (nSPS) is 15.1. The van der Waals surface area contributed by atoms with Crippen LogP contribution in [0.5, 0.6) is 0 Å². The van der Waals surface area contributed by atoms with E-state index in [0.717, 1.165) is 0 Å². The Morgan fingerprint density at radius 1 is 1.06 bits per heavy atom. The fourth-order valence-electron chi connectivity index (χ4n) is 1.88. The SMILES string of the molecule is CN(C)C(=O)c1ccc(N2C(=O)CCC2=O)cc1. The summed E-state index contributed by atoms with van der Waals surface area (Å²) < 4.78 is 0. The number of anilines is 1. The third-order valence-electron chi connectivity index (χ3n) is 2.83. The van der Waals surface area contributed by atoms with Crippen LogP contribution >= 0.6 is 0 Å². The molecule has 5 nitrogen and oxygen atoms in total. The summed E-state index contributed by atoms with van der Waals surface area (Å²) in [6.45, 7) is 0. The molecule has 94 valence electrons. The summed E-state index contributed by atoms with van der Waals surface area (Å²) in [5.41, 5.74) is 1.06. The molecule has 5 heteroatoms. The minimum atomic E-state index is -0.188. The van der Waals surface area contributed by atoms with Gasteiger partial charge in [-0.15, -0.1) is 0 Å². The number of nitrogens with zero attached hydrogens (tertiary/aromatic N) is 2. The van der Waals surface area contributed by atoms with E-state index in [0.29, 0.717) is 11.3 Å². The molecule has 18 heavy (non-hydrogen) atoms. The summed E-state index contributed by atoms with van der Waals surface area (Å²) in [5.74, 6) is -0.487. The second-order valence-electron chi connectivity index (χ2n) is 4.37. The van der Waals surface area contributed by atoms with Gasteiger partial charge in [0.05, 0.1) is 5.69 Å². The summed E-state index contributed by atoms with van der Waals surface area (Å²) in [5, 5.41) is 0. The molecule has 2 rings (SSSR count). The van der Waals surface area contributed by atoms with Crippen molar-refractivity contribution in [2.75, 3.05) is 19.0 Å². The van der Waals surface area contributed by atoms with E-state index in [1.54, 1.807) is 38.4 Å². The van der Waals surface area contributed by atoms with Gasteiger partial charge in [-0.1, -0.05) is 0 Å². The first-order valence-electron chi connectivity index (χ1n) is 5.68. The van der Waals surface area contributed by atoms with Gasteiger partial charge in [-0.05, 0) is 24.3 Å². The molecule has 0 aliphatic carbocycles. The second-order valence-corrected chi connectivity index (χ2v) is 4.37. The van der Waals surface area contributed by atoms with Crippen LogP contribution in [0.4, 0.5) is 5.69 Å². The lowest BCUT2D eigenvalue weighted by atomic mass is 10.2. The lowest BCUT2D eigenvalue weighted by Crippen LogP contribution is -2.28. The van der Waals surface area contributed by atoms with Crippen molar-refractivity contribution in [1.29, 1.82) is 0 Å². The maximum Gasteiger partial charge on any atom is 0.253 e. The molecule has 1 fully saturated rings. The molecule has 0 bridgehead atoms. The average Bonchev–Trinajstić information content (AvgIpc) is 2.68. The highest BCUT2D eigenvalue weighted by atomic mass is 16.2. The molecule has 0 saturated carbocycles. The molecule has 0 spiro atoms. The van der Waals surface area contributed by atoms with Gasteiger partial charge in [0.2, 0.25) is 11.8 Å². The summed E-state index contributed by atoms with van der Waals surface area (Å²) in [6, 6.07) is 6.49. The molecule has 3 amide bonds. The smallest absolute Gasteiger partial charge is 0.253 e. The number of benzene rings is 1. The molecule has 0 atom stereocenters. The van der Waals surface area contributed by atoms with E-state index in [2.05, 4.69) is 0 Å². The number of hydrogen-bond donors (Lipinski definition) is 0. The van der Waals surface area contributed by atoms with E-state index < -0.39 is 0 Å². The van der Waals surface area contributed by atoms with Crippen LogP contribution in [-0.4, -0.2) is 36.7 Å². The zero-order chi connectivity index (χ0) is 13.3. The van der Waals surface area contributed by atoms with Crippen LogP contribution in [0.3, 0.4) is 0 Å². The highest BCUT2D eigenvalue weighted by Crippen LogP contribution is 2.22. The minimum Gasteiger partial charge on any atom is -0.345 e. The van der Waals surface area contributed by atoms with E-state index >= 15 is 0 Å². The van der Waals surface area contributed by atoms with Crippen molar-refractivity contribution in [3.05, 3.63) is 29.8 Å². The first-order chi connectivity index (χ1) is 8.50. The maximum atomic E-state index is 11.7. The fraction of sp³-hybridized carbons (Fsp3) is 0.308. The van der Waals surface area contributed by atoms with E-state index in [-0.39, 0.29) is 30.6 Å². The van der Waals surface area contributed by atoms with Crippen LogP contribution in [-0.2, 0) is 9.59 Å². The molecule has 0 aromatic heterocycles. The number of carbonyl (C=O) groups is 3. The van der Waals surface area contributed by atoms with Crippen LogP contribution in [0, 0.1) is 0 Å². The number of carbonyl (C=O) groups excluding carboxylic acids is 3. The Kier molecular flexibility index (Phi) is 3.14. The molecule has 0 unspecified atom stereocenters. The van der Waals surface area contributed by atoms with Crippen molar-refractivity contribution in [2.24, 2.45) is 0 Å². The molecule has 0 radical (unpaired) electrons. The molecule has 1 saturated heterocycles. The van der Waals surface area contributed by atoms with Gasteiger partial charge in [0.25, 0.3) is 5.91 Å². The third kappa shape index (κ3) is 2.11. The van der Waals surface area contributed by atoms with Crippen molar-refractivity contribution in [1.82, 2.24) is 4.90 Å². The average molecular weight is 246 g/mol. The van der Waals surface area contributed by atoms with Crippen molar-refractivity contribution in [2.45, 2.75) is 12.8 Å². The largest absolute Gasteiger partial charge is 0.345 e. The Morgan fingerprint density at radius 2 is 1.56 bits per heavy atom. The van der Waals surface area contributed by atoms with Crippen molar-refractivity contribution < 1.29 is 14.4 Å². The van der Waals surface area contributed by atoms with E-state index in [9.17, 15) is 14.4 Å². The van der Waals surface area contributed by atoms with E-state index in [1.165, 1.54) is 9.80 Å². The Labute approximate surface area is 105 Å². The van der Waals surface area contributed by atoms with Gasteiger partial charge in [-0.2, -0.15) is 0 Å². The van der Waals surface area contributed by atoms with E-state index in [4.69, 9.17) is 0 Å². The molecule has 1 aliphatic rings. The Balaban J connectivity index is 2.25. The molecular formula is C13H14N2O3. The van der Waals surface area contributed by atoms with Crippen LogP contribution in [0.2, 0.25) is 0 Å². The highest BCUT2D eigenvalue weighted by molar-refractivity contribution is 6.19. The lowest BCUT2D eigenvalue weighted by Gasteiger charge is -2.15. The van der Waals surface area contributed by atoms with E-state index in [1.807, 2.05) is 0 Å². The lowest BCUT2D eigenvalue weighted by molar-refractivity contribution is -0.121. The van der Waals surface area contributed by atoms with Gasteiger partial charge in [0, 0.05) is 32.5 Å². The Hall–Kier alpha value is -2.17. The first-order valence-corrected chi connectivity index (χ1v) is 5.68. The van der Waals surface area contributed by atoms with Crippen LogP contribution < -0.4 is 4.90 Å². The molecule has 1 aromatic carbocycles. The first kappa shape index (κ1) is 12.3. The fourth-order valence-corrected chi connectivity index (χ4v) is 1.88. The molecule has 1 heterocycles. The van der Waals surface area contributed by atoms with Gasteiger partial charge in [-0.3, -0.25) is 19.3 Å². The van der Waals surface area contributed by atoms with Crippen LogP contribution in [0.25, 0.3) is 0 Å². The van der Waals surface area contributed by atoms with Gasteiger partial charge in [0.15, 0.2) is 0 Å². The summed E-state index contributed by atoms with van der Waals surface area (Å²) in [6.07, 6.45) is 0.522. The summed E-state index contributed by atoms with van der Waals surface area (Å²) in [7, 11) is 3.34. The molecular weight excluding hydrogens is 232 g/mol. The molecule has 0 N–H and O–H groups in total. The van der Waals surface area contributed by atoms with Gasteiger partial charge < -0.3 is 4.90 Å². The number of hydrogen-bond acceptors (Lipinski definition) is 3. The van der Waals surface area contributed by atoms with Crippen molar-refractivity contribution in [3.63, 3.8) is 0 Å². The topological polar surface area (TPSA) is 57.7 Å². The quantitative estimate of drug-likeness (QED) is 0.733. The number of amides is 3. The standard InChI is InChI=1S/C13H14N2O3/c1-14(2)13(18)9-3-5-10(6-4-9)15-11(16)7-8-12(15)17/h3-6H,7-8H2,1-2H3. The predicted octanol–water partition coefficient (Wildman–Crippen LogP) is 1.04. The zero-order valence-corrected chi connectivity index (χ0v) is 10.3. The second kappa shape index (κ2) is 4.60. The van der Waals surface area contributed by atoms with Gasteiger partial charge in [0.1, 0.15) is 0 Å². The van der Waals surface area contributed by atoms with Gasteiger partial charge in [-0.25, -0.2) is 0 Å². The van der Waals surface area contributed by atoms with Crippen molar-refractivity contribution >= 4 is 23.4 Å².